The van der Waals surface area contributed by atoms with Gasteiger partial charge in [0.25, 0.3) is 0 Å². The van der Waals surface area contributed by atoms with E-state index in [0.717, 1.165) is 0 Å². The fourth-order valence-electron chi connectivity index (χ4n) is 20.9. The van der Waals surface area contributed by atoms with Gasteiger partial charge >= 0.3 is 686 Å². The molecule has 120 heavy (non-hydrogen) atoms. The van der Waals surface area contributed by atoms with Crippen molar-refractivity contribution in [1.29, 1.82) is 0 Å². The average molecular weight is 1760 g/mol. The number of hydrogen-bond acceptors (Lipinski definition) is 0. The van der Waals surface area contributed by atoms with Gasteiger partial charge in [0.1, 0.15) is 0 Å². The van der Waals surface area contributed by atoms with E-state index in [1.165, 1.54) is 228 Å². The zero-order valence-electron chi connectivity index (χ0n) is 66.8. The number of fused-ring (bicyclic) bond motifs is 14. The molecule has 0 saturated carbocycles. The first kappa shape index (κ1) is 72.3. The summed E-state index contributed by atoms with van der Waals surface area (Å²) in [5.41, 5.74) is 31.8. The fraction of sp³-hybridized carbons (Fsp3) is 0. The van der Waals surface area contributed by atoms with Crippen LogP contribution in [0.4, 0.5) is 0 Å². The van der Waals surface area contributed by atoms with Crippen LogP contribution in [0.2, 0.25) is 0 Å². The van der Waals surface area contributed by atoms with Crippen LogP contribution in [-0.4, -0.2) is 63.9 Å². The molecule has 22 aromatic carbocycles. The molecule has 0 unspecified atom stereocenters. The molecule has 0 atom stereocenters. The first-order chi connectivity index (χ1) is 59.4. The first-order valence-corrected chi connectivity index (χ1v) is 52.3. The molecular formula is C116H80Ge4. The van der Waals surface area contributed by atoms with Crippen LogP contribution in [0.5, 0.6) is 0 Å². The Labute approximate surface area is 728 Å². The van der Waals surface area contributed by atoms with Gasteiger partial charge in [0.05, 0.1) is 0 Å². The number of hydrogen-bond donors (Lipinski definition) is 0. The molecular weight excluding hydrogens is 1680 g/mol. The SMILES string of the molecule is [GeH3][c]1ccccc1-c1cccc(-c2cccc3c(-c4c5ccccc5c(-c5ccccc5)c5ccccc45)c4cccc(-c5cccc6[c]5[GeH2][c]5ccccc5-6)c4cc23)c1.[GeH3][c]1ccccc1-c1ccccc1-c1cccc2c(-c3c4ccccc4c(-c4ccccc4)c4ccccc34)c3cccc(-c4ccc[c]5c4-c4cccc[c]4[GeH2]5)c3cc12. The Balaban J connectivity index is 0.000000140. The Kier molecular flexibility index (Phi) is 18.2. The molecule has 0 saturated heterocycles. The Morgan fingerprint density at radius 2 is 0.400 bits per heavy atom. The van der Waals surface area contributed by atoms with Crippen LogP contribution < -0.4 is 26.4 Å². The zero-order valence-corrected chi connectivity index (χ0v) is 81.2. The van der Waals surface area contributed by atoms with Crippen molar-refractivity contribution in [3.05, 3.63) is 425 Å². The summed E-state index contributed by atoms with van der Waals surface area (Å²) in [5.74, 6) is 0. The molecule has 0 aromatic heterocycles. The van der Waals surface area contributed by atoms with Gasteiger partial charge in [-0.2, -0.15) is 0 Å². The summed E-state index contributed by atoms with van der Waals surface area (Å²) in [5, 5.41) is 20.5. The monoisotopic (exact) mass is 1770 g/mol. The van der Waals surface area contributed by atoms with E-state index in [0.29, 0.717) is 33.0 Å². The van der Waals surface area contributed by atoms with Crippen LogP contribution in [0.25, 0.3) is 220 Å². The summed E-state index contributed by atoms with van der Waals surface area (Å²) in [7, 11) is 0. The molecule has 0 bridgehead atoms. The van der Waals surface area contributed by atoms with Crippen molar-refractivity contribution >= 4 is 176 Å². The third kappa shape index (κ3) is 12.0. The van der Waals surface area contributed by atoms with Gasteiger partial charge in [-0.1, -0.05) is 48.5 Å². The van der Waals surface area contributed by atoms with Gasteiger partial charge in [-0.3, -0.25) is 0 Å². The van der Waals surface area contributed by atoms with Gasteiger partial charge in [-0.05, 0) is 0 Å². The van der Waals surface area contributed by atoms with Crippen molar-refractivity contribution in [3.8, 4) is 134 Å². The summed E-state index contributed by atoms with van der Waals surface area (Å²) >= 11 is -1.21. The fourth-order valence-corrected chi connectivity index (χ4v) is 32.1. The maximum atomic E-state index is 2.54. The molecule has 2 aliphatic rings. The van der Waals surface area contributed by atoms with Gasteiger partial charge in [-0.15, -0.1) is 0 Å². The van der Waals surface area contributed by atoms with Crippen molar-refractivity contribution in [1.82, 2.24) is 0 Å². The molecule has 4 heteroatoms. The van der Waals surface area contributed by atoms with Crippen LogP contribution >= 0.6 is 0 Å². The van der Waals surface area contributed by atoms with Crippen molar-refractivity contribution in [2.75, 3.05) is 0 Å². The Morgan fingerprint density at radius 3 is 0.883 bits per heavy atom. The second-order valence-corrected chi connectivity index (χ2v) is 44.9. The second kappa shape index (κ2) is 30.2. The summed E-state index contributed by atoms with van der Waals surface area (Å²) in [4.78, 5) is 0. The van der Waals surface area contributed by atoms with E-state index in [4.69, 9.17) is 0 Å². The molecule has 2 heterocycles. The number of benzene rings is 22. The molecule has 24 rings (SSSR count). The van der Waals surface area contributed by atoms with Crippen LogP contribution in [0.15, 0.2) is 425 Å². The molecule has 0 spiro atoms. The van der Waals surface area contributed by atoms with Crippen molar-refractivity contribution in [2.45, 2.75) is 0 Å². The van der Waals surface area contributed by atoms with Crippen molar-refractivity contribution in [3.63, 3.8) is 0 Å². The van der Waals surface area contributed by atoms with Crippen LogP contribution in [-0.2, 0) is 0 Å². The summed E-state index contributed by atoms with van der Waals surface area (Å²) in [6.45, 7) is 0. The van der Waals surface area contributed by atoms with E-state index in [9.17, 15) is 0 Å². The molecule has 560 valence electrons. The standard InChI is InChI=1S/2C58H40Ge2/c59-53-32-10-8-20-40(53)38-19-12-18-37(34-38)39-26-13-28-47-51(39)35-52-41(49-30-15-31-50-42-21-9-11-33-54(42)60-58(49)50)27-14-29-48(52)57(47)56-45-24-6-4-22-43(45)55(36-16-2-1-3-17-36)44-23-5-7-25-46(44)56;59-52-32-12-10-21-41(52)38-20-5-4-19-37(38)39-27-14-29-47-50(39)35-51-40(42-31-16-34-54-56(42)49-26-11-13-33-53(49)60-54)28-15-30-48(51)58(47)57-45-24-8-6-22-43(45)55(36-17-2-1-3-18-36)44-23-7-9-25-46(44)57/h2*1-35H,60H2,59H3. The van der Waals surface area contributed by atoms with E-state index in [-0.39, 0.29) is 0 Å². The third-order valence-electron chi connectivity index (χ3n) is 26.1. The van der Waals surface area contributed by atoms with Gasteiger partial charge in [0.15, 0.2) is 0 Å². The average Bonchev–Trinajstić information content (AvgIpc) is 0.788. The van der Waals surface area contributed by atoms with Crippen LogP contribution in [0.3, 0.4) is 0 Å². The molecule has 2 aliphatic heterocycles. The third-order valence-corrected chi connectivity index (χ3v) is 38.3. The van der Waals surface area contributed by atoms with Crippen molar-refractivity contribution < 1.29 is 0 Å². The van der Waals surface area contributed by atoms with Gasteiger partial charge in [-0.25, -0.2) is 0 Å². The predicted octanol–water partition coefficient (Wildman–Crippen LogP) is 23.5. The molecule has 0 N–H and O–H groups in total. The van der Waals surface area contributed by atoms with Gasteiger partial charge < -0.3 is 0 Å². The summed E-state index contributed by atoms with van der Waals surface area (Å²) in [6, 6.07) is 160. The summed E-state index contributed by atoms with van der Waals surface area (Å²) in [6.07, 6.45) is 0. The van der Waals surface area contributed by atoms with E-state index in [1.54, 1.807) is 17.6 Å². The number of rotatable bonds is 10. The normalized spacial score (nSPS) is 12.5. The Bertz CT molecular complexity index is 7880. The van der Waals surface area contributed by atoms with Crippen LogP contribution in [0, 0.1) is 0 Å². The molecule has 0 radical (unpaired) electrons. The molecule has 0 fully saturated rings. The predicted molar refractivity (Wildman–Crippen MR) is 533 cm³/mol. The first-order valence-electron chi connectivity index (χ1n) is 42.1. The molecule has 0 nitrogen and oxygen atoms in total. The van der Waals surface area contributed by atoms with Crippen molar-refractivity contribution in [2.24, 2.45) is 0 Å². The topological polar surface area (TPSA) is 0 Å². The quantitative estimate of drug-likeness (QED) is 0.0946. The van der Waals surface area contributed by atoms with Gasteiger partial charge in [0, 0.05) is 0 Å². The molecule has 22 aromatic rings. The van der Waals surface area contributed by atoms with E-state index >= 15 is 0 Å². The van der Waals surface area contributed by atoms with E-state index in [1.807, 2.05) is 0 Å². The van der Waals surface area contributed by atoms with Gasteiger partial charge in [0.2, 0.25) is 0 Å². The Hall–Kier alpha value is -12.9. The minimum atomic E-state index is -1.23. The van der Waals surface area contributed by atoms with E-state index in [2.05, 4.69) is 425 Å². The summed E-state index contributed by atoms with van der Waals surface area (Å²) < 4.78 is 9.31. The minimum absolute atomic E-state index is 0.542. The molecule has 0 aliphatic carbocycles. The maximum absolute atomic E-state index is 2.54. The molecule has 0 amide bonds. The second-order valence-electron chi connectivity index (χ2n) is 32.6. The van der Waals surface area contributed by atoms with E-state index < -0.39 is 30.9 Å². The Morgan fingerprint density at radius 1 is 0.133 bits per heavy atom. The van der Waals surface area contributed by atoms with Crippen LogP contribution in [0.1, 0.15) is 0 Å². The zero-order chi connectivity index (χ0) is 79.5.